The molecule has 0 bridgehead atoms. The molecule has 0 unspecified atom stereocenters. The number of carbonyl (C=O) groups excluding carboxylic acids is 1. The average Bonchev–Trinajstić information content (AvgIpc) is 2.89. The van der Waals surface area contributed by atoms with Gasteiger partial charge < -0.3 is 5.32 Å². The molecule has 4 rings (SSSR count). The Labute approximate surface area is 120 Å². The number of aryl methyl sites for hydroxylation is 1. The molecule has 0 radical (unpaired) electrons. The maximum absolute atomic E-state index is 12.4. The third kappa shape index (κ3) is 1.40. The lowest BCUT2D eigenvalue weighted by atomic mass is 9.94. The van der Waals surface area contributed by atoms with Gasteiger partial charge in [-0.25, -0.2) is 0 Å². The van der Waals surface area contributed by atoms with E-state index in [-0.39, 0.29) is 11.3 Å². The number of halogens is 1. The molecule has 1 spiro atoms. The van der Waals surface area contributed by atoms with Crippen molar-refractivity contribution in [3.8, 4) is 0 Å². The zero-order valence-corrected chi connectivity index (χ0v) is 11.9. The fourth-order valence-electron chi connectivity index (χ4n) is 3.22. The van der Waals surface area contributed by atoms with E-state index in [1.807, 2.05) is 18.2 Å². The largest absolute Gasteiger partial charge is 0.325 e. The fraction of sp³-hybridized carbons (Fsp3) is 0.267. The van der Waals surface area contributed by atoms with Crippen molar-refractivity contribution < 1.29 is 4.79 Å². The summed E-state index contributed by atoms with van der Waals surface area (Å²) >= 11 is 7.84. The van der Waals surface area contributed by atoms with Crippen molar-refractivity contribution in [2.45, 2.75) is 24.7 Å². The highest BCUT2D eigenvalue weighted by atomic mass is 35.5. The van der Waals surface area contributed by atoms with Crippen molar-refractivity contribution in [3.63, 3.8) is 0 Å². The van der Waals surface area contributed by atoms with E-state index in [2.05, 4.69) is 23.7 Å². The molecule has 2 aliphatic rings. The summed E-state index contributed by atoms with van der Waals surface area (Å²) in [7, 11) is 0. The lowest BCUT2D eigenvalue weighted by Crippen LogP contribution is -2.20. The fourth-order valence-corrected chi connectivity index (χ4v) is 4.51. The Bertz CT molecular complexity index is 708. The third-order valence-corrected chi connectivity index (χ3v) is 5.66. The van der Waals surface area contributed by atoms with E-state index < -0.39 is 0 Å². The summed E-state index contributed by atoms with van der Waals surface area (Å²) < 4.78 is 0. The third-order valence-electron chi connectivity index (χ3n) is 4.29. The van der Waals surface area contributed by atoms with Gasteiger partial charge in [-0.1, -0.05) is 11.6 Å². The number of hydrogen-bond acceptors (Lipinski definition) is 2. The molecular weight excluding hydrogens is 278 g/mol. The van der Waals surface area contributed by atoms with Crippen molar-refractivity contribution in [3.05, 3.63) is 50.7 Å². The minimum atomic E-state index is -0.365. The molecule has 1 aliphatic carbocycles. The number of nitrogens with one attached hydrogen (secondary N) is 1. The van der Waals surface area contributed by atoms with E-state index in [1.54, 1.807) is 11.3 Å². The second kappa shape index (κ2) is 3.62. The van der Waals surface area contributed by atoms with Crippen LogP contribution in [0.4, 0.5) is 5.69 Å². The van der Waals surface area contributed by atoms with Gasteiger partial charge in [0, 0.05) is 21.5 Å². The van der Waals surface area contributed by atoms with Crippen molar-refractivity contribution in [1.29, 1.82) is 0 Å². The van der Waals surface area contributed by atoms with Gasteiger partial charge in [0.15, 0.2) is 0 Å². The van der Waals surface area contributed by atoms with Gasteiger partial charge in [0.1, 0.15) is 0 Å². The summed E-state index contributed by atoms with van der Waals surface area (Å²) in [5.74, 6) is 0.440. The van der Waals surface area contributed by atoms with Crippen LogP contribution >= 0.6 is 22.9 Å². The molecule has 1 N–H and O–H groups in total. The Balaban J connectivity index is 1.84. The van der Waals surface area contributed by atoms with Crippen LogP contribution in [0.15, 0.2) is 29.6 Å². The number of fused-ring (bicyclic) bond motifs is 2. The molecule has 4 heteroatoms. The van der Waals surface area contributed by atoms with E-state index in [1.165, 1.54) is 10.4 Å². The number of hydrogen-bond donors (Lipinski definition) is 1. The summed E-state index contributed by atoms with van der Waals surface area (Å²) in [6.07, 6.45) is 0.896. The zero-order chi connectivity index (χ0) is 13.2. The van der Waals surface area contributed by atoms with Gasteiger partial charge in [-0.15, -0.1) is 11.3 Å². The normalized spacial score (nSPS) is 27.5. The Morgan fingerprint density at radius 2 is 2.26 bits per heavy atom. The van der Waals surface area contributed by atoms with Crippen LogP contribution in [0.5, 0.6) is 0 Å². The highest BCUT2D eigenvalue weighted by molar-refractivity contribution is 7.10. The molecule has 1 fully saturated rings. The van der Waals surface area contributed by atoms with E-state index in [4.69, 9.17) is 11.6 Å². The Morgan fingerprint density at radius 1 is 1.42 bits per heavy atom. The Hall–Kier alpha value is -1.32. The summed E-state index contributed by atoms with van der Waals surface area (Å²) in [4.78, 5) is 13.7. The topological polar surface area (TPSA) is 29.1 Å². The van der Waals surface area contributed by atoms with Gasteiger partial charge in [0.25, 0.3) is 0 Å². The van der Waals surface area contributed by atoms with Crippen molar-refractivity contribution in [1.82, 2.24) is 0 Å². The molecule has 1 saturated carbocycles. The number of amides is 1. The lowest BCUT2D eigenvalue weighted by Gasteiger charge is -2.08. The molecule has 1 aromatic heterocycles. The lowest BCUT2D eigenvalue weighted by molar-refractivity contribution is -0.118. The summed E-state index contributed by atoms with van der Waals surface area (Å²) in [6, 6.07) is 7.80. The SMILES string of the molecule is Cc1ccsc1[C@H]1C[C@]12C(=O)Nc1ccc(Cl)cc12. The predicted octanol–water partition coefficient (Wildman–Crippen LogP) is 4.09. The van der Waals surface area contributed by atoms with Gasteiger partial charge in [-0.3, -0.25) is 4.79 Å². The van der Waals surface area contributed by atoms with E-state index in [0.717, 1.165) is 17.7 Å². The van der Waals surface area contributed by atoms with E-state index in [9.17, 15) is 4.79 Å². The molecule has 0 saturated heterocycles. The van der Waals surface area contributed by atoms with Crippen LogP contribution < -0.4 is 5.32 Å². The van der Waals surface area contributed by atoms with Crippen molar-refractivity contribution >= 4 is 34.5 Å². The smallest absolute Gasteiger partial charge is 0.235 e. The highest BCUT2D eigenvalue weighted by Gasteiger charge is 2.65. The maximum Gasteiger partial charge on any atom is 0.235 e. The van der Waals surface area contributed by atoms with Gasteiger partial charge in [0.2, 0.25) is 5.91 Å². The molecule has 1 aromatic carbocycles. The molecule has 2 heterocycles. The highest BCUT2D eigenvalue weighted by Crippen LogP contribution is 2.66. The first kappa shape index (κ1) is 11.5. The first-order valence-electron chi connectivity index (χ1n) is 6.28. The molecule has 1 amide bonds. The van der Waals surface area contributed by atoms with Crippen molar-refractivity contribution in [2.75, 3.05) is 5.32 Å². The van der Waals surface area contributed by atoms with E-state index in [0.29, 0.717) is 10.9 Å². The zero-order valence-electron chi connectivity index (χ0n) is 10.4. The minimum absolute atomic E-state index is 0.127. The average molecular weight is 290 g/mol. The van der Waals surface area contributed by atoms with Gasteiger partial charge in [0.05, 0.1) is 5.41 Å². The van der Waals surface area contributed by atoms with E-state index >= 15 is 0 Å². The predicted molar refractivity (Wildman–Crippen MR) is 78.2 cm³/mol. The van der Waals surface area contributed by atoms with Gasteiger partial charge >= 0.3 is 0 Å². The summed E-state index contributed by atoms with van der Waals surface area (Å²) in [5, 5.41) is 5.79. The second-order valence-corrected chi connectivity index (χ2v) is 6.72. The molecule has 2 atom stereocenters. The monoisotopic (exact) mass is 289 g/mol. The van der Waals surface area contributed by atoms with Crippen LogP contribution in [-0.2, 0) is 10.2 Å². The molecule has 19 heavy (non-hydrogen) atoms. The Morgan fingerprint density at radius 3 is 3.00 bits per heavy atom. The number of carbonyl (C=O) groups is 1. The molecule has 96 valence electrons. The number of benzene rings is 1. The minimum Gasteiger partial charge on any atom is -0.325 e. The van der Waals surface area contributed by atoms with Crippen molar-refractivity contribution in [2.24, 2.45) is 0 Å². The molecular formula is C15H12ClNOS. The number of rotatable bonds is 1. The van der Waals surface area contributed by atoms with Crippen LogP contribution in [0.1, 0.15) is 28.3 Å². The maximum atomic E-state index is 12.4. The summed E-state index contributed by atoms with van der Waals surface area (Å²) in [5.41, 5.74) is 2.92. The van der Waals surface area contributed by atoms with Crippen LogP contribution in [0.3, 0.4) is 0 Å². The number of anilines is 1. The van der Waals surface area contributed by atoms with Crippen LogP contribution in [0.25, 0.3) is 0 Å². The van der Waals surface area contributed by atoms with Crippen LogP contribution in [0.2, 0.25) is 5.02 Å². The van der Waals surface area contributed by atoms with Gasteiger partial charge in [-0.2, -0.15) is 0 Å². The first-order chi connectivity index (χ1) is 9.13. The van der Waals surface area contributed by atoms with Crippen LogP contribution in [0, 0.1) is 6.92 Å². The first-order valence-corrected chi connectivity index (χ1v) is 7.54. The standard InChI is InChI=1S/C15H12ClNOS/c1-8-4-5-19-13(8)11-7-15(11)10-6-9(16)2-3-12(10)17-14(15)18/h2-6,11H,7H2,1H3,(H,17,18)/t11-,15-/m1/s1. The molecule has 2 aromatic rings. The number of thiophene rings is 1. The summed E-state index contributed by atoms with van der Waals surface area (Å²) in [6.45, 7) is 2.11. The second-order valence-electron chi connectivity index (χ2n) is 5.34. The van der Waals surface area contributed by atoms with Crippen LogP contribution in [-0.4, -0.2) is 5.91 Å². The molecule has 2 nitrogen and oxygen atoms in total. The van der Waals surface area contributed by atoms with Gasteiger partial charge in [-0.05, 0) is 54.1 Å². The quantitative estimate of drug-likeness (QED) is 0.842. The Kier molecular flexibility index (Phi) is 2.19. The molecule has 1 aliphatic heterocycles.